The summed E-state index contributed by atoms with van der Waals surface area (Å²) in [4.78, 5) is 4.15. The van der Waals surface area contributed by atoms with Crippen LogP contribution in [0.1, 0.15) is 22.7 Å². The van der Waals surface area contributed by atoms with E-state index in [-0.39, 0.29) is 11.9 Å². The molecule has 0 spiro atoms. The van der Waals surface area contributed by atoms with Crippen molar-refractivity contribution in [3.63, 3.8) is 0 Å². The monoisotopic (exact) mass is 275 g/mol. The summed E-state index contributed by atoms with van der Waals surface area (Å²) in [7, 11) is 1.57. The molecule has 106 valence electrons. The summed E-state index contributed by atoms with van der Waals surface area (Å²) in [5.41, 5.74) is 5.41. The number of rotatable bonds is 5. The van der Waals surface area contributed by atoms with Gasteiger partial charge >= 0.3 is 0 Å². The average Bonchev–Trinajstić information content (AvgIpc) is 2.44. The van der Waals surface area contributed by atoms with Gasteiger partial charge < -0.3 is 4.74 Å². The summed E-state index contributed by atoms with van der Waals surface area (Å²) in [6.07, 6.45) is 2.35. The SMILES string of the molecule is COc1ccc(CC(NN)c2cc(C)cc(F)c2)cn1. The van der Waals surface area contributed by atoms with Crippen LogP contribution in [0.2, 0.25) is 0 Å². The summed E-state index contributed by atoms with van der Waals surface area (Å²) in [6, 6.07) is 8.45. The first-order chi connectivity index (χ1) is 9.62. The molecule has 2 aromatic rings. The molecule has 0 bridgehead atoms. The number of halogens is 1. The molecule has 5 heteroatoms. The maximum atomic E-state index is 13.5. The minimum Gasteiger partial charge on any atom is -0.481 e. The number of nitrogens with one attached hydrogen (secondary N) is 1. The normalized spacial score (nSPS) is 12.2. The number of nitrogens with two attached hydrogens (primary N) is 1. The Kier molecular flexibility index (Phi) is 4.65. The van der Waals surface area contributed by atoms with Crippen LogP contribution in [0.15, 0.2) is 36.5 Å². The third-order valence-electron chi connectivity index (χ3n) is 3.11. The van der Waals surface area contributed by atoms with Crippen LogP contribution in [0.5, 0.6) is 5.88 Å². The molecular weight excluding hydrogens is 257 g/mol. The van der Waals surface area contributed by atoms with Crippen LogP contribution in [0.3, 0.4) is 0 Å². The maximum absolute atomic E-state index is 13.5. The number of hydrogen-bond acceptors (Lipinski definition) is 4. The molecule has 20 heavy (non-hydrogen) atoms. The molecule has 3 N–H and O–H groups in total. The molecule has 0 saturated heterocycles. The van der Waals surface area contributed by atoms with Gasteiger partial charge in [-0.1, -0.05) is 12.1 Å². The zero-order valence-electron chi connectivity index (χ0n) is 11.6. The number of nitrogens with zero attached hydrogens (tertiary/aromatic N) is 1. The Hall–Kier alpha value is -1.98. The highest BCUT2D eigenvalue weighted by atomic mass is 19.1. The van der Waals surface area contributed by atoms with Crippen molar-refractivity contribution in [1.29, 1.82) is 0 Å². The number of benzene rings is 1. The van der Waals surface area contributed by atoms with Crippen molar-refractivity contribution in [1.82, 2.24) is 10.4 Å². The molecule has 1 heterocycles. The Labute approximate surface area is 117 Å². The van der Waals surface area contributed by atoms with Gasteiger partial charge in [0.15, 0.2) is 0 Å². The summed E-state index contributed by atoms with van der Waals surface area (Å²) >= 11 is 0. The Morgan fingerprint density at radius 2 is 2.15 bits per heavy atom. The third kappa shape index (κ3) is 3.53. The lowest BCUT2D eigenvalue weighted by Gasteiger charge is -2.17. The van der Waals surface area contributed by atoms with Crippen LogP contribution in [0, 0.1) is 12.7 Å². The van der Waals surface area contributed by atoms with E-state index in [1.807, 2.05) is 19.1 Å². The number of hydrogen-bond donors (Lipinski definition) is 2. The van der Waals surface area contributed by atoms with Crippen molar-refractivity contribution >= 4 is 0 Å². The van der Waals surface area contributed by atoms with Crippen molar-refractivity contribution in [2.24, 2.45) is 5.84 Å². The van der Waals surface area contributed by atoms with Crippen molar-refractivity contribution in [2.75, 3.05) is 7.11 Å². The first-order valence-corrected chi connectivity index (χ1v) is 6.34. The quantitative estimate of drug-likeness (QED) is 0.649. The van der Waals surface area contributed by atoms with E-state index in [2.05, 4.69) is 10.4 Å². The Morgan fingerprint density at radius 1 is 1.35 bits per heavy atom. The second-order valence-corrected chi connectivity index (χ2v) is 4.69. The van der Waals surface area contributed by atoms with Gasteiger partial charge in [0.25, 0.3) is 0 Å². The van der Waals surface area contributed by atoms with Crippen LogP contribution >= 0.6 is 0 Å². The molecule has 0 radical (unpaired) electrons. The number of ether oxygens (including phenoxy) is 1. The van der Waals surface area contributed by atoms with E-state index in [9.17, 15) is 4.39 Å². The van der Waals surface area contributed by atoms with Gasteiger partial charge in [0.1, 0.15) is 5.82 Å². The van der Waals surface area contributed by atoms with Gasteiger partial charge in [-0.25, -0.2) is 9.37 Å². The minimum absolute atomic E-state index is 0.167. The third-order valence-corrected chi connectivity index (χ3v) is 3.11. The fraction of sp³-hybridized carbons (Fsp3) is 0.267. The van der Waals surface area contributed by atoms with E-state index in [1.54, 1.807) is 19.4 Å². The smallest absolute Gasteiger partial charge is 0.212 e. The van der Waals surface area contributed by atoms with E-state index in [0.29, 0.717) is 12.3 Å². The fourth-order valence-corrected chi connectivity index (χ4v) is 2.13. The van der Waals surface area contributed by atoms with Gasteiger partial charge in [0.05, 0.1) is 13.2 Å². The van der Waals surface area contributed by atoms with Gasteiger partial charge in [0.2, 0.25) is 5.88 Å². The molecule has 1 aromatic heterocycles. The minimum atomic E-state index is -0.256. The number of pyridine rings is 1. The lowest BCUT2D eigenvalue weighted by Crippen LogP contribution is -2.29. The highest BCUT2D eigenvalue weighted by molar-refractivity contribution is 5.28. The van der Waals surface area contributed by atoms with Crippen molar-refractivity contribution in [3.05, 3.63) is 59.0 Å². The summed E-state index contributed by atoms with van der Waals surface area (Å²) in [5, 5.41) is 0. The lowest BCUT2D eigenvalue weighted by molar-refractivity contribution is 0.397. The molecule has 0 aliphatic heterocycles. The molecular formula is C15H18FN3O. The average molecular weight is 275 g/mol. The van der Waals surface area contributed by atoms with Crippen LogP contribution in [0.4, 0.5) is 4.39 Å². The summed E-state index contributed by atoms with van der Waals surface area (Å²) in [6.45, 7) is 1.86. The highest BCUT2D eigenvalue weighted by Crippen LogP contribution is 2.20. The molecule has 1 unspecified atom stereocenters. The maximum Gasteiger partial charge on any atom is 0.212 e. The molecule has 4 nitrogen and oxygen atoms in total. The largest absolute Gasteiger partial charge is 0.481 e. The number of aromatic nitrogens is 1. The van der Waals surface area contributed by atoms with Crippen LogP contribution in [-0.4, -0.2) is 12.1 Å². The van der Waals surface area contributed by atoms with Gasteiger partial charge in [-0.15, -0.1) is 0 Å². The van der Waals surface area contributed by atoms with Gasteiger partial charge in [-0.2, -0.15) is 0 Å². The Balaban J connectivity index is 2.19. The zero-order chi connectivity index (χ0) is 14.5. The molecule has 0 amide bonds. The van der Waals surface area contributed by atoms with Gasteiger partial charge in [-0.3, -0.25) is 11.3 Å². The number of hydrazine groups is 1. The standard InChI is InChI=1S/C15H18FN3O/c1-10-5-12(8-13(16)6-10)14(19-17)7-11-3-4-15(20-2)18-9-11/h3-6,8-9,14,19H,7,17H2,1-2H3. The van der Waals surface area contributed by atoms with Crippen LogP contribution in [-0.2, 0) is 6.42 Å². The topological polar surface area (TPSA) is 60.2 Å². The van der Waals surface area contributed by atoms with Crippen LogP contribution in [0.25, 0.3) is 0 Å². The van der Waals surface area contributed by atoms with E-state index < -0.39 is 0 Å². The van der Waals surface area contributed by atoms with E-state index in [1.165, 1.54) is 12.1 Å². The van der Waals surface area contributed by atoms with Gasteiger partial charge in [0, 0.05) is 12.3 Å². The first-order valence-electron chi connectivity index (χ1n) is 6.34. The summed E-state index contributed by atoms with van der Waals surface area (Å²) in [5.74, 6) is 5.90. The predicted octanol–water partition coefficient (Wildman–Crippen LogP) is 2.28. The molecule has 1 aromatic carbocycles. The number of methoxy groups -OCH3 is 1. The second-order valence-electron chi connectivity index (χ2n) is 4.69. The van der Waals surface area contributed by atoms with E-state index in [0.717, 1.165) is 16.7 Å². The highest BCUT2D eigenvalue weighted by Gasteiger charge is 2.12. The number of aryl methyl sites for hydroxylation is 1. The lowest BCUT2D eigenvalue weighted by atomic mass is 9.99. The van der Waals surface area contributed by atoms with Crippen molar-refractivity contribution in [2.45, 2.75) is 19.4 Å². The second kappa shape index (κ2) is 6.45. The molecule has 0 aliphatic rings. The fourth-order valence-electron chi connectivity index (χ4n) is 2.13. The van der Waals surface area contributed by atoms with Crippen molar-refractivity contribution < 1.29 is 9.13 Å². The predicted molar refractivity (Wildman–Crippen MR) is 75.7 cm³/mol. The Bertz CT molecular complexity index is 552. The molecule has 0 fully saturated rings. The molecule has 2 rings (SSSR count). The molecule has 0 saturated carbocycles. The van der Waals surface area contributed by atoms with Crippen LogP contribution < -0.4 is 16.0 Å². The van der Waals surface area contributed by atoms with E-state index in [4.69, 9.17) is 10.6 Å². The first kappa shape index (κ1) is 14.4. The molecule has 1 atom stereocenters. The van der Waals surface area contributed by atoms with Gasteiger partial charge in [-0.05, 0) is 42.2 Å². The van der Waals surface area contributed by atoms with Crippen molar-refractivity contribution in [3.8, 4) is 5.88 Å². The molecule has 0 aliphatic carbocycles. The van der Waals surface area contributed by atoms with E-state index >= 15 is 0 Å². The zero-order valence-corrected chi connectivity index (χ0v) is 11.6. The summed E-state index contributed by atoms with van der Waals surface area (Å²) < 4.78 is 18.5. The Morgan fingerprint density at radius 3 is 2.70 bits per heavy atom.